The average Bonchev–Trinajstić information content (AvgIpc) is 2.89. The van der Waals surface area contributed by atoms with Crippen molar-refractivity contribution in [2.24, 2.45) is 0 Å². The Balaban J connectivity index is 1.78. The van der Waals surface area contributed by atoms with Crippen LogP contribution in [0.15, 0.2) is 0 Å². The number of urea groups is 1. The maximum atomic E-state index is 11.9. The van der Waals surface area contributed by atoms with Crippen molar-refractivity contribution in [3.63, 3.8) is 0 Å². The third-order valence-electron chi connectivity index (χ3n) is 3.36. The molecule has 0 aromatic heterocycles. The molecular weight excluding hydrogens is 295 g/mol. The number of rotatable bonds is 4. The molecule has 2 rings (SSSR count). The number of ether oxygens (including phenoxy) is 1. The van der Waals surface area contributed by atoms with E-state index in [-0.39, 0.29) is 32.5 Å². The summed E-state index contributed by atoms with van der Waals surface area (Å²) in [5.74, 6) is -0.904. The first-order valence-electron chi connectivity index (χ1n) is 6.28. The number of carbonyl (C=O) groups excluding carboxylic acids is 3. The number of imide groups is 1. The molecular formula is C11H14F3N3O4. The number of amides is 4. The topological polar surface area (TPSA) is 87.7 Å². The summed E-state index contributed by atoms with van der Waals surface area (Å²) in [6, 6.07) is -0.609. The molecule has 0 radical (unpaired) electrons. The van der Waals surface area contributed by atoms with Crippen molar-refractivity contribution in [3.05, 3.63) is 0 Å². The summed E-state index contributed by atoms with van der Waals surface area (Å²) in [5.41, 5.74) is -1.11. The molecule has 21 heavy (non-hydrogen) atoms. The smallest absolute Gasteiger partial charge is 0.372 e. The minimum Gasteiger partial charge on any atom is -0.372 e. The average molecular weight is 309 g/mol. The van der Waals surface area contributed by atoms with Crippen molar-refractivity contribution in [1.82, 2.24) is 15.5 Å². The number of hydrogen-bond acceptors (Lipinski definition) is 4. The van der Waals surface area contributed by atoms with E-state index in [1.807, 2.05) is 0 Å². The van der Waals surface area contributed by atoms with Crippen LogP contribution in [0.4, 0.5) is 18.0 Å². The van der Waals surface area contributed by atoms with Gasteiger partial charge in [-0.1, -0.05) is 0 Å². The van der Waals surface area contributed by atoms with Gasteiger partial charge < -0.3 is 15.0 Å². The molecule has 2 fully saturated rings. The molecule has 0 aliphatic carbocycles. The summed E-state index contributed by atoms with van der Waals surface area (Å²) < 4.78 is 39.9. The lowest BCUT2D eigenvalue weighted by Crippen LogP contribution is -2.49. The van der Waals surface area contributed by atoms with Gasteiger partial charge in [-0.25, -0.2) is 4.79 Å². The summed E-state index contributed by atoms with van der Waals surface area (Å²) in [7, 11) is 0. The molecule has 4 amide bonds. The van der Waals surface area contributed by atoms with E-state index >= 15 is 0 Å². The molecule has 2 heterocycles. The van der Waals surface area contributed by atoms with Gasteiger partial charge in [0.25, 0.3) is 5.91 Å². The van der Waals surface area contributed by atoms with Crippen molar-refractivity contribution >= 4 is 17.8 Å². The zero-order chi connectivity index (χ0) is 15.7. The van der Waals surface area contributed by atoms with E-state index in [1.165, 1.54) is 4.90 Å². The molecule has 0 aromatic rings. The van der Waals surface area contributed by atoms with Crippen LogP contribution in [0.1, 0.15) is 12.8 Å². The van der Waals surface area contributed by atoms with Gasteiger partial charge in [0.05, 0.1) is 19.6 Å². The minimum atomic E-state index is -4.42. The molecule has 2 N–H and O–H groups in total. The third kappa shape index (κ3) is 3.63. The van der Waals surface area contributed by atoms with Crippen molar-refractivity contribution in [3.8, 4) is 0 Å². The molecule has 2 aliphatic rings. The standard InChI is InChI=1S/C11H14F3N3O4/c12-11(13,14)6-21-4-1-7(18)17-3-2-10(5-17)8(19)15-9(20)16-10/h1-6H2,(H2,15,16,19,20). The molecule has 2 aliphatic heterocycles. The SMILES string of the molecule is O=C1NC(=O)C2(CCN(C(=O)CCOCC(F)(F)F)C2)N1. The predicted octanol–water partition coefficient (Wildman–Crippen LogP) is -0.234. The molecule has 10 heteroatoms. The van der Waals surface area contributed by atoms with Crippen LogP contribution in [0.25, 0.3) is 0 Å². The summed E-state index contributed by atoms with van der Waals surface area (Å²) in [6.07, 6.45) is -4.35. The maximum absolute atomic E-state index is 11.9. The number of nitrogens with one attached hydrogen (secondary N) is 2. The van der Waals surface area contributed by atoms with Crippen LogP contribution in [0.2, 0.25) is 0 Å². The molecule has 1 atom stereocenters. The molecule has 2 saturated heterocycles. The van der Waals surface area contributed by atoms with E-state index in [0.29, 0.717) is 0 Å². The van der Waals surface area contributed by atoms with Crippen molar-refractivity contribution in [2.75, 3.05) is 26.3 Å². The number of carbonyl (C=O) groups is 3. The Bertz CT molecular complexity index is 468. The normalized spacial score (nSPS) is 25.4. The molecule has 0 saturated carbocycles. The van der Waals surface area contributed by atoms with Crippen LogP contribution >= 0.6 is 0 Å². The number of alkyl halides is 3. The number of halogens is 3. The van der Waals surface area contributed by atoms with Crippen LogP contribution in [0.5, 0.6) is 0 Å². The zero-order valence-corrected chi connectivity index (χ0v) is 11.0. The van der Waals surface area contributed by atoms with Gasteiger partial charge in [0, 0.05) is 6.54 Å². The fraction of sp³-hybridized carbons (Fsp3) is 0.727. The van der Waals surface area contributed by atoms with Crippen LogP contribution in [-0.2, 0) is 14.3 Å². The number of likely N-dealkylation sites (tertiary alicyclic amines) is 1. The fourth-order valence-corrected chi connectivity index (χ4v) is 2.34. The van der Waals surface area contributed by atoms with Crippen LogP contribution < -0.4 is 10.6 Å². The number of nitrogens with zero attached hydrogens (tertiary/aromatic N) is 1. The lowest BCUT2D eigenvalue weighted by molar-refractivity contribution is -0.175. The summed E-state index contributed by atoms with van der Waals surface area (Å²) in [6.45, 7) is -1.47. The Morgan fingerprint density at radius 3 is 2.67 bits per heavy atom. The second-order valence-corrected chi connectivity index (χ2v) is 4.97. The summed E-state index contributed by atoms with van der Waals surface area (Å²) in [5, 5.41) is 4.58. The Morgan fingerprint density at radius 2 is 2.10 bits per heavy atom. The van der Waals surface area contributed by atoms with E-state index in [2.05, 4.69) is 15.4 Å². The van der Waals surface area contributed by atoms with Crippen molar-refractivity contribution in [2.45, 2.75) is 24.6 Å². The molecule has 1 spiro atoms. The Kier molecular flexibility index (Phi) is 4.08. The first-order valence-corrected chi connectivity index (χ1v) is 6.28. The van der Waals surface area contributed by atoms with E-state index in [0.717, 1.165) is 0 Å². The molecule has 118 valence electrons. The largest absolute Gasteiger partial charge is 0.411 e. The van der Waals surface area contributed by atoms with Gasteiger partial charge in [0.2, 0.25) is 5.91 Å². The maximum Gasteiger partial charge on any atom is 0.411 e. The molecule has 1 unspecified atom stereocenters. The molecule has 0 bridgehead atoms. The number of hydrogen-bond donors (Lipinski definition) is 2. The van der Waals surface area contributed by atoms with Crippen molar-refractivity contribution in [1.29, 1.82) is 0 Å². The Hall–Kier alpha value is -1.84. The van der Waals surface area contributed by atoms with Gasteiger partial charge >= 0.3 is 12.2 Å². The zero-order valence-electron chi connectivity index (χ0n) is 11.0. The van der Waals surface area contributed by atoms with Crippen molar-refractivity contribution < 1.29 is 32.3 Å². The second kappa shape index (κ2) is 5.51. The first kappa shape index (κ1) is 15.5. The van der Waals surface area contributed by atoms with Crippen LogP contribution in [0, 0.1) is 0 Å². The van der Waals surface area contributed by atoms with E-state index in [9.17, 15) is 27.6 Å². The second-order valence-electron chi connectivity index (χ2n) is 4.97. The highest BCUT2D eigenvalue weighted by Gasteiger charge is 2.51. The van der Waals surface area contributed by atoms with Gasteiger partial charge in [0.15, 0.2) is 0 Å². The predicted molar refractivity (Wildman–Crippen MR) is 62.1 cm³/mol. The van der Waals surface area contributed by atoms with E-state index < -0.39 is 36.2 Å². The van der Waals surface area contributed by atoms with Gasteiger partial charge in [-0.05, 0) is 6.42 Å². The van der Waals surface area contributed by atoms with Gasteiger partial charge in [-0.3, -0.25) is 14.9 Å². The van der Waals surface area contributed by atoms with Gasteiger partial charge in [-0.2, -0.15) is 13.2 Å². The van der Waals surface area contributed by atoms with Gasteiger partial charge in [0.1, 0.15) is 12.1 Å². The van der Waals surface area contributed by atoms with Crippen LogP contribution in [0.3, 0.4) is 0 Å². The van der Waals surface area contributed by atoms with E-state index in [4.69, 9.17) is 0 Å². The minimum absolute atomic E-state index is 0.0165. The quantitative estimate of drug-likeness (QED) is 0.554. The lowest BCUT2D eigenvalue weighted by Gasteiger charge is -2.21. The first-order chi connectivity index (χ1) is 9.72. The molecule has 7 nitrogen and oxygen atoms in total. The molecule has 0 aromatic carbocycles. The van der Waals surface area contributed by atoms with E-state index in [1.54, 1.807) is 0 Å². The monoisotopic (exact) mass is 309 g/mol. The Labute approximate surface area is 117 Å². The third-order valence-corrected chi connectivity index (χ3v) is 3.36. The highest BCUT2D eigenvalue weighted by Crippen LogP contribution is 2.25. The Morgan fingerprint density at radius 1 is 1.38 bits per heavy atom. The lowest BCUT2D eigenvalue weighted by atomic mass is 10.00. The van der Waals surface area contributed by atoms with Gasteiger partial charge in [-0.15, -0.1) is 0 Å². The fourth-order valence-electron chi connectivity index (χ4n) is 2.34. The highest BCUT2D eigenvalue weighted by molar-refractivity contribution is 6.07. The van der Waals surface area contributed by atoms with Crippen LogP contribution in [-0.4, -0.2) is 60.8 Å². The summed E-state index contributed by atoms with van der Waals surface area (Å²) in [4.78, 5) is 35.9. The highest BCUT2D eigenvalue weighted by atomic mass is 19.4. The summed E-state index contributed by atoms with van der Waals surface area (Å²) >= 11 is 0.